The minimum absolute atomic E-state index is 0.868. The first-order valence-electron chi connectivity index (χ1n) is 34.9. The normalized spacial score (nSPS) is 11.4. The zero-order valence-electron chi connectivity index (χ0n) is 56.2. The van der Waals surface area contributed by atoms with Gasteiger partial charge in [-0.2, -0.15) is 0 Å². The topological polar surface area (TPSA) is 39.4 Å². The Labute approximate surface area is 605 Å². The van der Waals surface area contributed by atoms with Crippen LogP contribution in [0.2, 0.25) is 0 Å². The second-order valence-electron chi connectivity index (χ2n) is 26.0. The number of anilines is 3. The lowest BCUT2D eigenvalue weighted by Gasteiger charge is -2.28. The summed E-state index contributed by atoms with van der Waals surface area (Å²) in [6.45, 7) is 0. The van der Waals surface area contributed by atoms with E-state index in [-0.39, 0.29) is 0 Å². The average Bonchev–Trinajstić information content (AvgIpc) is 1.68. The van der Waals surface area contributed by atoms with Crippen molar-refractivity contribution in [1.82, 2.24) is 9.13 Å². The minimum atomic E-state index is 0.868. The Kier molecular flexibility index (Phi) is 16.5. The fraction of sp³-hybridized carbons (Fsp3) is 0.0103. The van der Waals surface area contributed by atoms with E-state index in [4.69, 9.17) is 8.83 Å². The SMILES string of the molecule is Brc1cccc(-c2ccc(-n3c4ccccc4c4ccccc43)cc2)c1.c1ccc(-c2ccccc2Cc2ccc3c(c2)oc2ccccc23)cc1.c1ccc(-c2ccccc2N(c2cccc(-c3ccc(-n4c5ccccc5c5ccccc54)cc3)c2)c2ccc3c(c2)oc2ccccc23)cc1. The van der Waals surface area contributed by atoms with Crippen LogP contribution in [-0.2, 0) is 6.42 Å². The summed E-state index contributed by atoms with van der Waals surface area (Å²) in [5.74, 6) is 0. The van der Waals surface area contributed by atoms with E-state index in [1.807, 2.05) is 24.3 Å². The van der Waals surface area contributed by atoms with Crippen LogP contribution in [0.1, 0.15) is 11.1 Å². The first-order valence-corrected chi connectivity index (χ1v) is 35.7. The van der Waals surface area contributed by atoms with Gasteiger partial charge in [0.15, 0.2) is 0 Å². The van der Waals surface area contributed by atoms with Gasteiger partial charge in [0.2, 0.25) is 0 Å². The van der Waals surface area contributed by atoms with E-state index in [1.165, 1.54) is 99.0 Å². The van der Waals surface area contributed by atoms with Gasteiger partial charge in [0.05, 0.1) is 27.8 Å². The molecule has 0 aliphatic heterocycles. The second kappa shape index (κ2) is 27.3. The van der Waals surface area contributed by atoms with E-state index in [1.54, 1.807) is 0 Å². The molecule has 0 radical (unpaired) electrons. The summed E-state index contributed by atoms with van der Waals surface area (Å²) < 4.78 is 18.2. The van der Waals surface area contributed by atoms with Gasteiger partial charge >= 0.3 is 0 Å². The molecule has 0 aliphatic carbocycles. The smallest absolute Gasteiger partial charge is 0.137 e. The summed E-state index contributed by atoms with van der Waals surface area (Å²) in [5, 5.41) is 9.71. The molecule has 0 amide bonds. The minimum Gasteiger partial charge on any atom is -0.456 e. The first-order chi connectivity index (χ1) is 51.0. The van der Waals surface area contributed by atoms with E-state index < -0.39 is 0 Å². The highest BCUT2D eigenvalue weighted by Crippen LogP contribution is 2.45. The number of benzene rings is 16. The Balaban J connectivity index is 0.000000122. The summed E-state index contributed by atoms with van der Waals surface area (Å²) in [4.78, 5) is 2.35. The van der Waals surface area contributed by atoms with Gasteiger partial charge in [0, 0.05) is 81.9 Å². The Morgan fingerprint density at radius 3 is 1.19 bits per heavy atom. The molecule has 0 unspecified atom stereocenters. The van der Waals surface area contributed by atoms with E-state index >= 15 is 0 Å². The fourth-order valence-electron chi connectivity index (χ4n) is 15.0. The highest BCUT2D eigenvalue weighted by molar-refractivity contribution is 9.10. The van der Waals surface area contributed by atoms with Crippen LogP contribution in [0.15, 0.2) is 402 Å². The van der Waals surface area contributed by atoms with E-state index in [9.17, 15) is 0 Å². The molecule has 0 atom stereocenters. The van der Waals surface area contributed by atoms with Crippen LogP contribution in [0.3, 0.4) is 0 Å². The molecular formula is C97H66BrN3O2. The number of halogens is 1. The van der Waals surface area contributed by atoms with Crippen LogP contribution in [0.4, 0.5) is 17.1 Å². The third kappa shape index (κ3) is 12.0. The summed E-state index contributed by atoms with van der Waals surface area (Å²) in [6, 6.07) is 138. The zero-order valence-corrected chi connectivity index (χ0v) is 57.8. The number of hydrogen-bond acceptors (Lipinski definition) is 3. The molecule has 0 bridgehead atoms. The number of furan rings is 2. The number of rotatable bonds is 11. The lowest BCUT2D eigenvalue weighted by Crippen LogP contribution is -2.11. The molecule has 0 spiro atoms. The number of nitrogens with zero attached hydrogens (tertiary/aromatic N) is 3. The van der Waals surface area contributed by atoms with Crippen molar-refractivity contribution >= 4 is 120 Å². The maximum absolute atomic E-state index is 6.39. The van der Waals surface area contributed by atoms with Gasteiger partial charge in [0.25, 0.3) is 0 Å². The van der Waals surface area contributed by atoms with Crippen molar-refractivity contribution in [2.45, 2.75) is 6.42 Å². The van der Waals surface area contributed by atoms with Crippen LogP contribution in [0.25, 0.3) is 143 Å². The number of aromatic nitrogens is 2. The summed E-state index contributed by atoms with van der Waals surface area (Å²) >= 11 is 3.56. The van der Waals surface area contributed by atoms with Gasteiger partial charge < -0.3 is 22.9 Å². The van der Waals surface area contributed by atoms with Crippen LogP contribution in [0, 0.1) is 0 Å². The maximum Gasteiger partial charge on any atom is 0.137 e. The molecule has 5 nitrogen and oxygen atoms in total. The first kappa shape index (κ1) is 62.3. The standard InChI is InChI=1S/C48H32N2O.C25H18O.C24H16BrN/c1-2-13-34(14-3-1)39-17-4-8-21-44(39)49(38-29-30-43-42-20-7-11-24-47(42)51-48(43)32-38)37-16-12-15-35(31-37)33-25-27-36(28-26-33)50-45-22-9-5-18-40(45)41-19-6-10-23-46(41)50;1-2-8-19(9-3-1)21-11-5-4-10-20(21)16-18-14-15-23-22-12-6-7-13-24(22)26-25(23)17-18;25-19-7-5-6-18(16-19)17-12-14-20(15-13-17)26-23-10-3-1-8-21(23)22-9-2-4-11-24(22)26/h1-32H;1-15,17H,16H2;1-16H. The van der Waals surface area contributed by atoms with Crippen molar-refractivity contribution in [3.05, 3.63) is 404 Å². The molecule has 103 heavy (non-hydrogen) atoms. The van der Waals surface area contributed by atoms with Crippen molar-refractivity contribution < 1.29 is 8.83 Å². The molecule has 0 saturated carbocycles. The molecule has 0 fully saturated rings. The Morgan fingerprint density at radius 2 is 0.650 bits per heavy atom. The summed E-state index contributed by atoms with van der Waals surface area (Å²) in [7, 11) is 0. The van der Waals surface area contributed by atoms with Crippen molar-refractivity contribution in [3.63, 3.8) is 0 Å². The predicted molar refractivity (Wildman–Crippen MR) is 436 cm³/mol. The van der Waals surface area contributed by atoms with Crippen LogP contribution in [-0.4, -0.2) is 9.13 Å². The summed E-state index contributed by atoms with van der Waals surface area (Å²) in [6.07, 6.45) is 0.887. The number of hydrogen-bond donors (Lipinski definition) is 0. The molecule has 0 saturated heterocycles. The van der Waals surface area contributed by atoms with E-state index in [2.05, 4.69) is 394 Å². The Morgan fingerprint density at radius 1 is 0.252 bits per heavy atom. The van der Waals surface area contributed by atoms with Gasteiger partial charge in [-0.25, -0.2) is 0 Å². The van der Waals surface area contributed by atoms with Gasteiger partial charge in [-0.1, -0.05) is 289 Å². The molecule has 4 heterocycles. The zero-order chi connectivity index (χ0) is 68.6. The second-order valence-corrected chi connectivity index (χ2v) is 26.9. The number of para-hydroxylation sites is 7. The third-order valence-electron chi connectivity index (χ3n) is 19.8. The Bertz CT molecular complexity index is 6370. The fourth-order valence-corrected chi connectivity index (χ4v) is 15.4. The predicted octanol–water partition coefficient (Wildman–Crippen LogP) is 27.5. The highest BCUT2D eigenvalue weighted by Gasteiger charge is 2.21. The average molecular weight is 1390 g/mol. The van der Waals surface area contributed by atoms with E-state index in [0.29, 0.717) is 0 Å². The van der Waals surface area contributed by atoms with Crippen molar-refractivity contribution in [2.24, 2.45) is 0 Å². The quantitative estimate of drug-likeness (QED) is 0.130. The third-order valence-corrected chi connectivity index (χ3v) is 20.3. The molecular weight excluding hydrogens is 1320 g/mol. The molecule has 488 valence electrons. The maximum atomic E-state index is 6.39. The van der Waals surface area contributed by atoms with Gasteiger partial charge in [0.1, 0.15) is 22.3 Å². The van der Waals surface area contributed by atoms with Gasteiger partial charge in [-0.15, -0.1) is 0 Å². The van der Waals surface area contributed by atoms with Crippen molar-refractivity contribution in [2.75, 3.05) is 4.90 Å². The monoisotopic (exact) mass is 1380 g/mol. The molecule has 6 heteroatoms. The van der Waals surface area contributed by atoms with Crippen molar-refractivity contribution in [3.8, 4) is 55.9 Å². The molecule has 20 rings (SSSR count). The lowest BCUT2D eigenvalue weighted by atomic mass is 9.95. The molecule has 4 aromatic heterocycles. The van der Waals surface area contributed by atoms with Gasteiger partial charge in [-0.3, -0.25) is 0 Å². The molecule has 0 aliphatic rings. The number of fused-ring (bicyclic) bond motifs is 12. The highest BCUT2D eigenvalue weighted by atomic mass is 79.9. The molecule has 0 N–H and O–H groups in total. The van der Waals surface area contributed by atoms with Crippen molar-refractivity contribution in [1.29, 1.82) is 0 Å². The van der Waals surface area contributed by atoms with E-state index in [0.717, 1.165) is 83.4 Å². The van der Waals surface area contributed by atoms with Crippen LogP contribution in [0.5, 0.6) is 0 Å². The summed E-state index contributed by atoms with van der Waals surface area (Å²) in [5.41, 5.74) is 26.3. The largest absolute Gasteiger partial charge is 0.456 e. The molecule has 20 aromatic rings. The Hall–Kier alpha value is -13.0. The van der Waals surface area contributed by atoms with Gasteiger partial charge in [-0.05, 0) is 166 Å². The lowest BCUT2D eigenvalue weighted by molar-refractivity contribution is 0.668. The molecule has 16 aromatic carbocycles. The van der Waals surface area contributed by atoms with Crippen LogP contribution >= 0.6 is 15.9 Å². The van der Waals surface area contributed by atoms with Crippen LogP contribution < -0.4 is 4.90 Å².